The van der Waals surface area contributed by atoms with Gasteiger partial charge in [-0.2, -0.15) is 5.26 Å². The quantitative estimate of drug-likeness (QED) is 0.761. The van der Waals surface area contributed by atoms with Crippen molar-refractivity contribution in [3.8, 4) is 6.07 Å². The van der Waals surface area contributed by atoms with E-state index in [0.29, 0.717) is 5.56 Å². The molecule has 0 N–H and O–H groups in total. The lowest BCUT2D eigenvalue weighted by atomic mass is 10.1. The van der Waals surface area contributed by atoms with Crippen molar-refractivity contribution in [2.75, 3.05) is 7.11 Å². The fourth-order valence-corrected chi connectivity index (χ4v) is 2.63. The summed E-state index contributed by atoms with van der Waals surface area (Å²) in [5, 5.41) is 8.64. The molecule has 0 bridgehead atoms. The normalized spacial score (nSPS) is 13.4. The van der Waals surface area contributed by atoms with Gasteiger partial charge in [-0.3, -0.25) is 9.00 Å². The van der Waals surface area contributed by atoms with Gasteiger partial charge in [-0.05, 0) is 11.6 Å². The minimum Gasteiger partial charge on any atom is -0.469 e. The zero-order chi connectivity index (χ0) is 13.5. The highest BCUT2D eigenvalue weighted by atomic mass is 32.2. The van der Waals surface area contributed by atoms with Gasteiger partial charge < -0.3 is 4.74 Å². The molecule has 4 nitrogen and oxygen atoms in total. The van der Waals surface area contributed by atoms with Crippen molar-refractivity contribution in [3.05, 3.63) is 35.4 Å². The van der Waals surface area contributed by atoms with Crippen LogP contribution in [0.4, 0.5) is 0 Å². The van der Waals surface area contributed by atoms with Crippen LogP contribution in [0.1, 0.15) is 24.5 Å². The Morgan fingerprint density at radius 1 is 1.50 bits per heavy atom. The third-order valence-corrected chi connectivity index (χ3v) is 4.23. The Bertz CT molecular complexity index is 493. The molecule has 0 radical (unpaired) electrons. The van der Waals surface area contributed by atoms with E-state index in [1.54, 1.807) is 31.2 Å². The second-order valence-electron chi connectivity index (χ2n) is 3.88. The van der Waals surface area contributed by atoms with E-state index in [4.69, 9.17) is 5.26 Å². The Kier molecular flexibility index (Phi) is 5.53. The van der Waals surface area contributed by atoms with Crippen molar-refractivity contribution in [1.29, 1.82) is 5.26 Å². The first-order chi connectivity index (χ1) is 8.58. The zero-order valence-electron chi connectivity index (χ0n) is 10.4. The molecule has 0 saturated carbocycles. The van der Waals surface area contributed by atoms with Crippen molar-refractivity contribution in [3.63, 3.8) is 0 Å². The average Bonchev–Trinajstić information content (AvgIpc) is 2.39. The van der Waals surface area contributed by atoms with Gasteiger partial charge in [-0.15, -0.1) is 0 Å². The number of ether oxygens (including phenoxy) is 1. The maximum absolute atomic E-state index is 12.0. The standard InChI is InChI=1S/C13H15NO3S/c1-10(7-13(15)17-2)18(16)9-12-6-4-3-5-11(12)8-14/h3-6,10H,7,9H2,1-2H3. The summed E-state index contributed by atoms with van der Waals surface area (Å²) < 4.78 is 16.6. The summed E-state index contributed by atoms with van der Waals surface area (Å²) in [6, 6.07) is 9.11. The van der Waals surface area contributed by atoms with Crippen LogP contribution in [0.2, 0.25) is 0 Å². The van der Waals surface area contributed by atoms with E-state index in [2.05, 4.69) is 10.8 Å². The van der Waals surface area contributed by atoms with E-state index in [-0.39, 0.29) is 23.4 Å². The molecule has 0 fully saturated rings. The second kappa shape index (κ2) is 6.92. The summed E-state index contributed by atoms with van der Waals surface area (Å²) in [5.74, 6) is -0.0913. The highest BCUT2D eigenvalue weighted by molar-refractivity contribution is 7.84. The van der Waals surface area contributed by atoms with Crippen LogP contribution >= 0.6 is 0 Å². The minimum atomic E-state index is -1.20. The fraction of sp³-hybridized carbons (Fsp3) is 0.385. The van der Waals surface area contributed by atoms with Gasteiger partial charge in [0.05, 0.1) is 30.9 Å². The molecule has 2 atom stereocenters. The van der Waals surface area contributed by atoms with Gasteiger partial charge >= 0.3 is 5.97 Å². The maximum atomic E-state index is 12.0. The number of esters is 1. The predicted molar refractivity (Wildman–Crippen MR) is 69.1 cm³/mol. The van der Waals surface area contributed by atoms with Crippen LogP contribution in [0.25, 0.3) is 0 Å². The van der Waals surface area contributed by atoms with Gasteiger partial charge in [0.15, 0.2) is 0 Å². The predicted octanol–water partition coefficient (Wildman–Crippen LogP) is 1.76. The fourth-order valence-electron chi connectivity index (χ4n) is 1.46. The molecule has 2 unspecified atom stereocenters. The Labute approximate surface area is 109 Å². The number of benzene rings is 1. The number of methoxy groups -OCH3 is 1. The number of nitrogens with zero attached hydrogens (tertiary/aromatic N) is 1. The molecule has 1 rings (SSSR count). The lowest BCUT2D eigenvalue weighted by Crippen LogP contribution is -2.18. The average molecular weight is 265 g/mol. The highest BCUT2D eigenvalue weighted by Crippen LogP contribution is 2.14. The van der Waals surface area contributed by atoms with E-state index < -0.39 is 10.8 Å². The van der Waals surface area contributed by atoms with Gasteiger partial charge in [0, 0.05) is 16.0 Å². The van der Waals surface area contributed by atoms with Crippen molar-refractivity contribution < 1.29 is 13.7 Å². The van der Waals surface area contributed by atoms with Crippen molar-refractivity contribution in [2.45, 2.75) is 24.3 Å². The number of carbonyl (C=O) groups is 1. The van der Waals surface area contributed by atoms with Crippen LogP contribution < -0.4 is 0 Å². The van der Waals surface area contributed by atoms with Crippen LogP contribution in [0.15, 0.2) is 24.3 Å². The molecule has 0 heterocycles. The van der Waals surface area contributed by atoms with Crippen LogP contribution in [0.3, 0.4) is 0 Å². The summed E-state index contributed by atoms with van der Waals surface area (Å²) >= 11 is 0. The SMILES string of the molecule is COC(=O)CC(C)S(=O)Cc1ccccc1C#N. The number of nitriles is 1. The Balaban J connectivity index is 2.70. The molecule has 0 aliphatic rings. The number of rotatable bonds is 5. The third-order valence-electron chi connectivity index (χ3n) is 2.57. The molecule has 0 aliphatic carbocycles. The van der Waals surface area contributed by atoms with Gasteiger partial charge in [0.25, 0.3) is 0 Å². The van der Waals surface area contributed by atoms with Gasteiger partial charge in [-0.1, -0.05) is 25.1 Å². The topological polar surface area (TPSA) is 67.2 Å². The van der Waals surface area contributed by atoms with E-state index in [1.807, 2.05) is 0 Å². The maximum Gasteiger partial charge on any atom is 0.306 e. The van der Waals surface area contributed by atoms with Crippen LogP contribution in [-0.4, -0.2) is 22.5 Å². The summed E-state index contributed by atoms with van der Waals surface area (Å²) in [6.45, 7) is 1.74. The zero-order valence-corrected chi connectivity index (χ0v) is 11.2. The molecule has 0 saturated heterocycles. The molecule has 0 amide bonds. The number of hydrogen-bond donors (Lipinski definition) is 0. The summed E-state index contributed by atoms with van der Waals surface area (Å²) in [7, 11) is 0.107. The van der Waals surface area contributed by atoms with Crippen LogP contribution in [-0.2, 0) is 26.1 Å². The van der Waals surface area contributed by atoms with Crippen LogP contribution in [0, 0.1) is 11.3 Å². The smallest absolute Gasteiger partial charge is 0.306 e. The molecule has 18 heavy (non-hydrogen) atoms. The summed E-state index contributed by atoms with van der Waals surface area (Å²) in [4.78, 5) is 11.1. The minimum absolute atomic E-state index is 0.123. The first-order valence-corrected chi connectivity index (χ1v) is 6.88. The Morgan fingerprint density at radius 3 is 2.78 bits per heavy atom. The summed E-state index contributed by atoms with van der Waals surface area (Å²) in [5.41, 5.74) is 1.27. The summed E-state index contributed by atoms with van der Waals surface area (Å²) in [6.07, 6.45) is 0.123. The largest absolute Gasteiger partial charge is 0.469 e. The number of carbonyl (C=O) groups excluding carboxylic acids is 1. The number of hydrogen-bond acceptors (Lipinski definition) is 4. The molecular formula is C13H15NO3S. The molecule has 5 heteroatoms. The van der Waals surface area contributed by atoms with Crippen molar-refractivity contribution >= 4 is 16.8 Å². The monoisotopic (exact) mass is 265 g/mol. The molecule has 0 aromatic heterocycles. The molecule has 1 aromatic rings. The van der Waals surface area contributed by atoms with Gasteiger partial charge in [0.2, 0.25) is 0 Å². The third kappa shape index (κ3) is 3.97. The van der Waals surface area contributed by atoms with Crippen LogP contribution in [0.5, 0.6) is 0 Å². The molecular weight excluding hydrogens is 250 g/mol. The van der Waals surface area contributed by atoms with E-state index >= 15 is 0 Å². The highest BCUT2D eigenvalue weighted by Gasteiger charge is 2.17. The lowest BCUT2D eigenvalue weighted by molar-refractivity contribution is -0.140. The molecule has 1 aromatic carbocycles. The van der Waals surface area contributed by atoms with E-state index in [0.717, 1.165) is 5.56 Å². The Morgan fingerprint density at radius 2 is 2.17 bits per heavy atom. The Hall–Kier alpha value is -1.67. The van der Waals surface area contributed by atoms with E-state index in [1.165, 1.54) is 7.11 Å². The van der Waals surface area contributed by atoms with E-state index in [9.17, 15) is 9.00 Å². The molecule has 96 valence electrons. The lowest BCUT2D eigenvalue weighted by Gasteiger charge is -2.10. The van der Waals surface area contributed by atoms with Gasteiger partial charge in [0.1, 0.15) is 0 Å². The molecule has 0 aliphatic heterocycles. The first kappa shape index (κ1) is 14.4. The van der Waals surface area contributed by atoms with Crippen molar-refractivity contribution in [1.82, 2.24) is 0 Å². The van der Waals surface area contributed by atoms with Crippen molar-refractivity contribution in [2.24, 2.45) is 0 Å². The first-order valence-electron chi connectivity index (χ1n) is 5.50. The molecule has 0 spiro atoms. The van der Waals surface area contributed by atoms with Gasteiger partial charge in [-0.25, -0.2) is 0 Å². The second-order valence-corrected chi connectivity index (χ2v) is 5.74.